The van der Waals surface area contributed by atoms with E-state index in [2.05, 4.69) is 32.9 Å². The van der Waals surface area contributed by atoms with Gasteiger partial charge in [-0.05, 0) is 68.4 Å². The van der Waals surface area contributed by atoms with E-state index in [1.54, 1.807) is 0 Å². The number of aryl methyl sites for hydroxylation is 2. The van der Waals surface area contributed by atoms with E-state index in [1.165, 1.54) is 11.1 Å². The molecule has 0 aliphatic carbocycles. The first-order valence-electron chi connectivity index (χ1n) is 6.63. The van der Waals surface area contributed by atoms with Crippen LogP contribution in [0.15, 0.2) is 18.2 Å². The van der Waals surface area contributed by atoms with Crippen LogP contribution in [0.2, 0.25) is 0 Å². The number of nitrogens with two attached hydrogens (primary N) is 1. The van der Waals surface area contributed by atoms with Crippen LogP contribution in [0, 0.1) is 13.8 Å². The van der Waals surface area contributed by atoms with Crippen molar-refractivity contribution in [2.45, 2.75) is 39.7 Å². The molecule has 0 bridgehead atoms. The first kappa shape index (κ1) is 15.4. The molecule has 0 fully saturated rings. The molecule has 0 radical (unpaired) electrons. The average molecular weight is 267 g/mol. The highest BCUT2D eigenvalue weighted by Gasteiger charge is 1.98. The largest absolute Gasteiger partial charge is 0.494 e. The molecule has 1 aromatic carbocycles. The zero-order chi connectivity index (χ0) is 13.4. The minimum absolute atomic E-state index is 0.323. The van der Waals surface area contributed by atoms with Crippen molar-refractivity contribution in [3.05, 3.63) is 29.3 Å². The smallest absolute Gasteiger partial charge is 0.119 e. The molecule has 1 atom stereocenters. The maximum atomic E-state index is 5.73. The van der Waals surface area contributed by atoms with Crippen LogP contribution in [0.25, 0.3) is 0 Å². The molecule has 0 spiro atoms. The third-order valence-corrected chi connectivity index (χ3v) is 4.00. The molecule has 0 saturated carbocycles. The molecule has 0 aromatic heterocycles. The van der Waals surface area contributed by atoms with Gasteiger partial charge in [0.1, 0.15) is 5.75 Å². The van der Waals surface area contributed by atoms with Crippen molar-refractivity contribution in [3.8, 4) is 5.75 Å². The summed E-state index contributed by atoms with van der Waals surface area (Å²) in [6.45, 7) is 7.09. The van der Waals surface area contributed by atoms with E-state index in [0.717, 1.165) is 36.7 Å². The molecule has 0 aliphatic heterocycles. The van der Waals surface area contributed by atoms with Crippen LogP contribution in [-0.2, 0) is 0 Å². The molecule has 1 rings (SSSR count). The van der Waals surface area contributed by atoms with E-state index in [9.17, 15) is 0 Å². The average Bonchev–Trinajstić information content (AvgIpc) is 2.32. The molecule has 0 saturated heterocycles. The summed E-state index contributed by atoms with van der Waals surface area (Å²) in [5.74, 6) is 3.29. The van der Waals surface area contributed by atoms with Gasteiger partial charge in [0.15, 0.2) is 0 Å². The van der Waals surface area contributed by atoms with Gasteiger partial charge in [-0.15, -0.1) is 0 Å². The van der Waals surface area contributed by atoms with Gasteiger partial charge in [-0.25, -0.2) is 0 Å². The minimum Gasteiger partial charge on any atom is -0.494 e. The first-order chi connectivity index (χ1) is 8.59. The van der Waals surface area contributed by atoms with E-state index < -0.39 is 0 Å². The fourth-order valence-corrected chi connectivity index (χ4v) is 2.59. The molecule has 3 heteroatoms. The topological polar surface area (TPSA) is 35.2 Å². The van der Waals surface area contributed by atoms with Crippen molar-refractivity contribution in [1.29, 1.82) is 0 Å². The van der Waals surface area contributed by atoms with Gasteiger partial charge in [0.05, 0.1) is 6.61 Å². The molecule has 18 heavy (non-hydrogen) atoms. The Kier molecular flexibility index (Phi) is 7.21. The molecular weight excluding hydrogens is 242 g/mol. The van der Waals surface area contributed by atoms with E-state index >= 15 is 0 Å². The summed E-state index contributed by atoms with van der Waals surface area (Å²) in [5, 5.41) is 0. The van der Waals surface area contributed by atoms with Crippen molar-refractivity contribution in [3.63, 3.8) is 0 Å². The highest BCUT2D eigenvalue weighted by molar-refractivity contribution is 7.99. The lowest BCUT2D eigenvalue weighted by molar-refractivity contribution is 0.318. The summed E-state index contributed by atoms with van der Waals surface area (Å²) >= 11 is 1.96. The predicted octanol–water partition coefficient (Wildman–Crippen LogP) is 3.54. The zero-order valence-electron chi connectivity index (χ0n) is 11.7. The quantitative estimate of drug-likeness (QED) is 0.732. The highest BCUT2D eigenvalue weighted by Crippen LogP contribution is 2.16. The number of thioether (sulfide) groups is 1. The third-order valence-electron chi connectivity index (χ3n) is 2.90. The van der Waals surface area contributed by atoms with Crippen molar-refractivity contribution in [1.82, 2.24) is 0 Å². The number of benzene rings is 1. The Morgan fingerprint density at radius 1 is 1.22 bits per heavy atom. The maximum Gasteiger partial charge on any atom is 0.119 e. The van der Waals surface area contributed by atoms with Crippen LogP contribution in [0.4, 0.5) is 0 Å². The van der Waals surface area contributed by atoms with Gasteiger partial charge in [0.25, 0.3) is 0 Å². The molecule has 102 valence electrons. The first-order valence-corrected chi connectivity index (χ1v) is 7.78. The van der Waals surface area contributed by atoms with Gasteiger partial charge in [-0.3, -0.25) is 0 Å². The maximum absolute atomic E-state index is 5.73. The number of rotatable bonds is 8. The van der Waals surface area contributed by atoms with Crippen LogP contribution in [0.5, 0.6) is 5.75 Å². The fourth-order valence-electron chi connectivity index (χ4n) is 1.53. The molecular formula is C15H25NOS. The monoisotopic (exact) mass is 267 g/mol. The molecule has 0 amide bonds. The minimum atomic E-state index is 0.323. The Balaban J connectivity index is 2.09. The van der Waals surface area contributed by atoms with E-state index in [0.29, 0.717) is 6.04 Å². The molecule has 1 unspecified atom stereocenters. The van der Waals surface area contributed by atoms with Crippen LogP contribution in [-0.4, -0.2) is 24.2 Å². The van der Waals surface area contributed by atoms with Gasteiger partial charge in [-0.1, -0.05) is 6.07 Å². The van der Waals surface area contributed by atoms with Crippen molar-refractivity contribution < 1.29 is 4.74 Å². The Morgan fingerprint density at radius 3 is 2.67 bits per heavy atom. The lowest BCUT2D eigenvalue weighted by Crippen LogP contribution is -2.15. The van der Waals surface area contributed by atoms with Crippen LogP contribution in [0.1, 0.15) is 30.9 Å². The number of hydrogen-bond donors (Lipinski definition) is 1. The lowest BCUT2D eigenvalue weighted by atomic mass is 10.1. The fraction of sp³-hybridized carbons (Fsp3) is 0.600. The van der Waals surface area contributed by atoms with Gasteiger partial charge < -0.3 is 10.5 Å². The molecule has 0 heterocycles. The van der Waals surface area contributed by atoms with E-state index in [4.69, 9.17) is 10.5 Å². The van der Waals surface area contributed by atoms with Gasteiger partial charge in [-0.2, -0.15) is 11.8 Å². The highest BCUT2D eigenvalue weighted by atomic mass is 32.2. The normalized spacial score (nSPS) is 12.4. The second-order valence-corrected chi connectivity index (χ2v) is 6.05. The summed E-state index contributed by atoms with van der Waals surface area (Å²) in [6, 6.07) is 6.59. The van der Waals surface area contributed by atoms with Crippen molar-refractivity contribution in [2.24, 2.45) is 5.73 Å². The van der Waals surface area contributed by atoms with Crippen molar-refractivity contribution in [2.75, 3.05) is 18.1 Å². The molecule has 2 nitrogen and oxygen atoms in total. The van der Waals surface area contributed by atoms with E-state index in [-0.39, 0.29) is 0 Å². The zero-order valence-corrected chi connectivity index (χ0v) is 12.6. The second-order valence-electron chi connectivity index (χ2n) is 4.83. The number of ether oxygens (including phenoxy) is 1. The summed E-state index contributed by atoms with van der Waals surface area (Å²) < 4.78 is 5.73. The SMILES string of the molecule is Cc1ccc(OCCCSCCC(C)N)cc1C. The summed E-state index contributed by atoms with van der Waals surface area (Å²) in [5.41, 5.74) is 8.30. The summed E-state index contributed by atoms with van der Waals surface area (Å²) in [6.07, 6.45) is 2.19. The standard InChI is InChI=1S/C15H25NOS/c1-12-5-6-15(11-13(12)2)17-8-4-9-18-10-7-14(3)16/h5-6,11,14H,4,7-10,16H2,1-3H3. The van der Waals surface area contributed by atoms with Crippen LogP contribution >= 0.6 is 11.8 Å². The number of hydrogen-bond acceptors (Lipinski definition) is 3. The van der Waals surface area contributed by atoms with Gasteiger partial charge in [0.2, 0.25) is 0 Å². The Morgan fingerprint density at radius 2 is 2.00 bits per heavy atom. The summed E-state index contributed by atoms with van der Waals surface area (Å²) in [7, 11) is 0. The summed E-state index contributed by atoms with van der Waals surface area (Å²) in [4.78, 5) is 0. The molecule has 0 aliphatic rings. The predicted molar refractivity (Wildman–Crippen MR) is 81.6 cm³/mol. The van der Waals surface area contributed by atoms with Gasteiger partial charge >= 0.3 is 0 Å². The second kappa shape index (κ2) is 8.44. The lowest BCUT2D eigenvalue weighted by Gasteiger charge is -2.08. The Hall–Kier alpha value is -0.670. The Bertz CT molecular complexity index is 352. The Labute approximate surface area is 115 Å². The third kappa shape index (κ3) is 6.31. The van der Waals surface area contributed by atoms with E-state index in [1.807, 2.05) is 17.8 Å². The van der Waals surface area contributed by atoms with Crippen LogP contribution in [0.3, 0.4) is 0 Å². The van der Waals surface area contributed by atoms with Crippen molar-refractivity contribution >= 4 is 11.8 Å². The van der Waals surface area contributed by atoms with Crippen LogP contribution < -0.4 is 10.5 Å². The molecule has 2 N–H and O–H groups in total. The molecule has 1 aromatic rings. The van der Waals surface area contributed by atoms with Gasteiger partial charge in [0, 0.05) is 6.04 Å².